The van der Waals surface area contributed by atoms with Crippen LogP contribution in [0.5, 0.6) is 0 Å². The summed E-state index contributed by atoms with van der Waals surface area (Å²) in [6.07, 6.45) is -3.16. The molecule has 2 aromatic carbocycles. The largest absolute Gasteiger partial charge is 0.447 e. The van der Waals surface area contributed by atoms with E-state index in [1.54, 1.807) is 41.4 Å². The topological polar surface area (TPSA) is 143 Å². The monoisotopic (exact) mass is 725 g/mol. The van der Waals surface area contributed by atoms with Gasteiger partial charge in [0.2, 0.25) is 0 Å². The number of hydrazone groups is 1. The Morgan fingerprint density at radius 3 is 2.38 bits per heavy atom. The first-order chi connectivity index (χ1) is 23.4. The molecule has 0 aliphatic carbocycles. The van der Waals surface area contributed by atoms with Crippen LogP contribution in [0.4, 0.5) is 32.4 Å². The zero-order valence-electron chi connectivity index (χ0n) is 27.7. The number of carbonyl (C=O) groups excluding carboxylic acids is 2. The van der Waals surface area contributed by atoms with E-state index in [-0.39, 0.29) is 44.8 Å². The van der Waals surface area contributed by atoms with Crippen molar-refractivity contribution in [1.82, 2.24) is 20.0 Å². The van der Waals surface area contributed by atoms with Crippen LogP contribution < -0.4 is 16.1 Å². The fourth-order valence-corrected chi connectivity index (χ4v) is 4.60. The van der Waals surface area contributed by atoms with E-state index in [1.807, 2.05) is 20.8 Å². The lowest BCUT2D eigenvalue weighted by Crippen LogP contribution is -2.47. The van der Waals surface area contributed by atoms with Crippen LogP contribution in [0.2, 0.25) is 5.02 Å². The van der Waals surface area contributed by atoms with Crippen LogP contribution in [0, 0.1) is 5.41 Å². The number of aromatic nitrogens is 2. The van der Waals surface area contributed by atoms with E-state index in [4.69, 9.17) is 22.1 Å². The number of hydrogen-bond donors (Lipinski definition) is 2. The number of ether oxygens (including phenoxy) is 1. The normalized spacial score (nSPS) is 13.0. The number of nitrogens with one attached hydrogen (secondary N) is 1. The van der Waals surface area contributed by atoms with Gasteiger partial charge in [-0.1, -0.05) is 50.6 Å². The third-order valence-corrected chi connectivity index (χ3v) is 7.22. The number of carbonyl (C=O) groups is 2. The van der Waals surface area contributed by atoms with E-state index in [1.165, 1.54) is 24.3 Å². The highest BCUT2D eigenvalue weighted by Gasteiger charge is 2.33. The van der Waals surface area contributed by atoms with Crippen molar-refractivity contribution >= 4 is 48.3 Å². The molecule has 3 rings (SSSR count). The summed E-state index contributed by atoms with van der Waals surface area (Å²) < 4.78 is 73.3. The summed E-state index contributed by atoms with van der Waals surface area (Å²) in [6.45, 7) is 3.54. The molecule has 2 amide bonds. The number of halogens is 6. The number of nitrogens with zero attached hydrogens (tertiary/aromatic N) is 7. The molecule has 3 aromatic rings. The van der Waals surface area contributed by atoms with E-state index in [9.17, 15) is 31.5 Å². The van der Waals surface area contributed by atoms with Crippen molar-refractivity contribution in [2.75, 3.05) is 24.7 Å². The minimum absolute atomic E-state index is 0.0351. The van der Waals surface area contributed by atoms with Gasteiger partial charge in [0.05, 0.1) is 22.4 Å². The Balaban J connectivity index is 2.17. The van der Waals surface area contributed by atoms with E-state index in [0.29, 0.717) is 17.7 Å². The van der Waals surface area contributed by atoms with Crippen LogP contribution in [0.3, 0.4) is 0 Å². The summed E-state index contributed by atoms with van der Waals surface area (Å²) in [5, 5.41) is 9.54. The molecule has 0 unspecified atom stereocenters. The molecule has 0 aliphatic rings. The van der Waals surface area contributed by atoms with Crippen LogP contribution in [0.25, 0.3) is 11.3 Å². The molecule has 1 aromatic heterocycles. The number of alkyl halides is 5. The van der Waals surface area contributed by atoms with Crippen molar-refractivity contribution in [3.63, 3.8) is 0 Å². The standard InChI is InChI=1S/C32H37ClF5N9O3/c1-31(2,3)13-14-41-29(39)46(27(48)21-8-6-20(7-9-21)24-12-15-45(5)44-24)26(17-50-30(49)42-18-32(36,37)38)22-10-11-23(33)25(16-22)47(28(34)35)43-19-40-4/h6-12,15-16,19,26,28H,4,13-14,17-18H2,1-3,5H3,(H2,39,41)(H,42,49)/b43-19-/t26-/m1/s1. The van der Waals surface area contributed by atoms with E-state index < -0.39 is 43.9 Å². The molecule has 1 heterocycles. The first kappa shape index (κ1) is 39.4. The Morgan fingerprint density at radius 1 is 1.14 bits per heavy atom. The predicted molar refractivity (Wildman–Crippen MR) is 181 cm³/mol. The summed E-state index contributed by atoms with van der Waals surface area (Å²) in [4.78, 5) is 35.4. The SMILES string of the molecule is C=N/C=N\N(c1cc([C@@H](COC(=O)NCC(F)(F)F)N(C(=O)c2ccc(-c3ccn(C)n3)cc2)C(N)=NCCC(C)(C)C)ccc1Cl)C(F)F. The molecule has 1 atom stereocenters. The van der Waals surface area contributed by atoms with Crippen molar-refractivity contribution < 1.29 is 36.3 Å². The first-order valence-corrected chi connectivity index (χ1v) is 15.3. The quantitative estimate of drug-likeness (QED) is 0.0666. The number of amides is 2. The summed E-state index contributed by atoms with van der Waals surface area (Å²) in [6, 6.07) is 10.3. The zero-order chi connectivity index (χ0) is 37.2. The van der Waals surface area contributed by atoms with Gasteiger partial charge in [-0.3, -0.25) is 24.4 Å². The number of aryl methyl sites for hydroxylation is 1. The molecule has 3 N–H and O–H groups in total. The molecule has 0 fully saturated rings. The highest BCUT2D eigenvalue weighted by Crippen LogP contribution is 2.34. The summed E-state index contributed by atoms with van der Waals surface area (Å²) in [5.41, 5.74) is 7.37. The maximum absolute atomic E-state index is 14.3. The number of rotatable bonds is 13. The summed E-state index contributed by atoms with van der Waals surface area (Å²) >= 11 is 6.28. The van der Waals surface area contributed by atoms with Crippen molar-refractivity contribution in [2.24, 2.45) is 33.3 Å². The second-order valence-electron chi connectivity index (χ2n) is 12.0. The lowest BCUT2D eigenvalue weighted by Gasteiger charge is -2.32. The van der Waals surface area contributed by atoms with Gasteiger partial charge in [-0.25, -0.2) is 9.80 Å². The maximum atomic E-state index is 14.3. The molecule has 0 radical (unpaired) electrons. The molecule has 0 aliphatic heterocycles. The van der Waals surface area contributed by atoms with Gasteiger partial charge < -0.3 is 15.8 Å². The minimum atomic E-state index is -4.74. The third-order valence-electron chi connectivity index (χ3n) is 6.90. The average Bonchev–Trinajstić information content (AvgIpc) is 3.47. The van der Waals surface area contributed by atoms with E-state index in [0.717, 1.165) is 17.3 Å². The van der Waals surface area contributed by atoms with Gasteiger partial charge in [0, 0.05) is 30.9 Å². The number of aliphatic imine (C=N–C) groups is 2. The highest BCUT2D eigenvalue weighted by atomic mass is 35.5. The van der Waals surface area contributed by atoms with E-state index >= 15 is 0 Å². The number of alkyl carbamates (subject to hydrolysis) is 1. The van der Waals surface area contributed by atoms with Gasteiger partial charge in [0.25, 0.3) is 5.91 Å². The molecule has 50 heavy (non-hydrogen) atoms. The molecule has 18 heteroatoms. The van der Waals surface area contributed by atoms with Crippen LogP contribution in [-0.2, 0) is 11.8 Å². The van der Waals surface area contributed by atoms with Gasteiger partial charge in [-0.2, -0.15) is 32.2 Å². The Hall–Kier alpha value is -5.06. The molecular weight excluding hydrogens is 689 g/mol. The number of benzene rings is 2. The minimum Gasteiger partial charge on any atom is -0.447 e. The molecular formula is C32H37ClF5N9O3. The number of anilines is 1. The first-order valence-electron chi connectivity index (χ1n) is 15.0. The van der Waals surface area contributed by atoms with Crippen molar-refractivity contribution in [3.05, 3.63) is 70.9 Å². The number of nitrogens with two attached hydrogens (primary N) is 1. The summed E-state index contributed by atoms with van der Waals surface area (Å²) in [5.74, 6) is -1.09. The lowest BCUT2D eigenvalue weighted by atomic mass is 9.92. The second-order valence-corrected chi connectivity index (χ2v) is 12.4. The van der Waals surface area contributed by atoms with Crippen LogP contribution in [0.15, 0.2) is 69.8 Å². The number of guanidine groups is 1. The fraction of sp³-hybridized carbons (Fsp3) is 0.375. The zero-order valence-corrected chi connectivity index (χ0v) is 28.4. The molecule has 0 saturated carbocycles. The molecule has 0 saturated heterocycles. The van der Waals surface area contributed by atoms with E-state index in [2.05, 4.69) is 26.9 Å². The van der Waals surface area contributed by atoms with Crippen LogP contribution in [-0.4, -0.2) is 78.1 Å². The smallest absolute Gasteiger partial charge is 0.407 e. The second kappa shape index (κ2) is 17.0. The molecule has 12 nitrogen and oxygen atoms in total. The lowest BCUT2D eigenvalue weighted by molar-refractivity contribution is -0.123. The maximum Gasteiger partial charge on any atom is 0.407 e. The number of hydrogen-bond acceptors (Lipinski definition) is 7. The van der Waals surface area contributed by atoms with Gasteiger partial charge >= 0.3 is 18.8 Å². The Morgan fingerprint density at radius 2 is 1.82 bits per heavy atom. The Labute approximate surface area is 290 Å². The van der Waals surface area contributed by atoms with Gasteiger partial charge in [0.1, 0.15) is 19.5 Å². The van der Waals surface area contributed by atoms with Crippen molar-refractivity contribution in [1.29, 1.82) is 0 Å². The molecule has 0 bridgehead atoms. The van der Waals surface area contributed by atoms with Crippen LogP contribution in [0.1, 0.15) is 49.2 Å². The van der Waals surface area contributed by atoms with Crippen LogP contribution >= 0.6 is 11.6 Å². The van der Waals surface area contributed by atoms with Gasteiger partial charge in [-0.15, -0.1) is 0 Å². The highest BCUT2D eigenvalue weighted by molar-refractivity contribution is 6.33. The fourth-order valence-electron chi connectivity index (χ4n) is 4.40. The van der Waals surface area contributed by atoms with Crippen molar-refractivity contribution in [2.45, 2.75) is 46.0 Å². The van der Waals surface area contributed by atoms with Gasteiger partial charge in [-0.05, 0) is 54.4 Å². The predicted octanol–water partition coefficient (Wildman–Crippen LogP) is 6.64. The average molecular weight is 726 g/mol. The summed E-state index contributed by atoms with van der Waals surface area (Å²) in [7, 11) is 1.75. The van der Waals surface area contributed by atoms with Gasteiger partial charge in [0.15, 0.2) is 5.96 Å². The van der Waals surface area contributed by atoms with Crippen molar-refractivity contribution in [3.8, 4) is 11.3 Å². The Kier molecular flexibility index (Phi) is 13.4. The third kappa shape index (κ3) is 11.5. The molecule has 0 spiro atoms. The Bertz CT molecular complexity index is 1690. The molecule has 270 valence electrons.